The third kappa shape index (κ3) is 5.39. The summed E-state index contributed by atoms with van der Waals surface area (Å²) in [6.45, 7) is 2.27. The largest absolute Gasteiger partial charge is 0.260 e. The van der Waals surface area contributed by atoms with Crippen LogP contribution in [0.3, 0.4) is 0 Å². The molecule has 80 valence electrons. The zero-order valence-electron chi connectivity index (χ0n) is 9.13. The molecule has 0 aliphatic rings. The highest BCUT2D eigenvalue weighted by Crippen LogP contribution is 2.14. The first-order valence-electron chi connectivity index (χ1n) is 5.78. The number of rotatable bonds is 8. The summed E-state index contributed by atoms with van der Waals surface area (Å²) in [7, 11) is 1.21. The van der Waals surface area contributed by atoms with Crippen LogP contribution in [0.15, 0.2) is 6.20 Å². The highest BCUT2D eigenvalue weighted by atomic mass is 31.0. The Bertz CT molecular complexity index is 209. The quantitative estimate of drug-likeness (QED) is 0.640. The van der Waals surface area contributed by atoms with Crippen LogP contribution in [-0.2, 0) is 6.42 Å². The molecular formula is C11H21N2P. The molecule has 1 N–H and O–H groups in total. The molecule has 0 radical (unpaired) electrons. The van der Waals surface area contributed by atoms with E-state index in [2.05, 4.69) is 16.9 Å². The molecule has 2 nitrogen and oxygen atoms in total. The molecule has 0 aromatic carbocycles. The first kappa shape index (κ1) is 11.7. The Morgan fingerprint density at radius 1 is 1.14 bits per heavy atom. The second-order valence-electron chi connectivity index (χ2n) is 3.83. The summed E-state index contributed by atoms with van der Waals surface area (Å²) < 4.78 is 0. The topological polar surface area (TPSA) is 28.7 Å². The maximum absolute atomic E-state index is 3.98. The molecule has 0 saturated heterocycles. The summed E-state index contributed by atoms with van der Waals surface area (Å²) in [6.07, 6.45) is 12.9. The fourth-order valence-electron chi connectivity index (χ4n) is 1.61. The van der Waals surface area contributed by atoms with Gasteiger partial charge < -0.3 is 0 Å². The minimum absolute atomic E-state index is 1.21. The fourth-order valence-corrected chi connectivity index (χ4v) is 2.24. The van der Waals surface area contributed by atoms with Gasteiger partial charge >= 0.3 is 0 Å². The number of aromatic amines is 1. The van der Waals surface area contributed by atoms with E-state index in [9.17, 15) is 0 Å². The van der Waals surface area contributed by atoms with E-state index in [0.29, 0.717) is 0 Å². The Kier molecular flexibility index (Phi) is 6.69. The van der Waals surface area contributed by atoms with Gasteiger partial charge in [0.2, 0.25) is 0 Å². The summed E-state index contributed by atoms with van der Waals surface area (Å²) in [6, 6.07) is 0. The molecule has 0 spiro atoms. The van der Waals surface area contributed by atoms with Crippen LogP contribution in [0.1, 0.15) is 57.2 Å². The van der Waals surface area contributed by atoms with Crippen molar-refractivity contribution >= 4 is 8.35 Å². The Morgan fingerprint density at radius 3 is 2.50 bits per heavy atom. The van der Waals surface area contributed by atoms with Gasteiger partial charge in [-0.15, -0.1) is 0 Å². The third-order valence-corrected chi connectivity index (χ3v) is 3.34. The summed E-state index contributed by atoms with van der Waals surface area (Å²) in [5, 5.41) is 5.42. The second-order valence-corrected chi connectivity index (χ2v) is 4.83. The van der Waals surface area contributed by atoms with Crippen molar-refractivity contribution in [2.24, 2.45) is 0 Å². The van der Waals surface area contributed by atoms with E-state index in [1.54, 1.807) is 0 Å². The minimum atomic E-state index is 1.21. The normalized spacial score (nSPS) is 11.2. The van der Waals surface area contributed by atoms with Gasteiger partial charge in [0.15, 0.2) is 0 Å². The average Bonchev–Trinajstić information content (AvgIpc) is 2.69. The van der Waals surface area contributed by atoms with Crippen LogP contribution in [0, 0.1) is 0 Å². The Hall–Kier alpha value is -0.360. The number of nitrogens with zero attached hydrogens (tertiary/aromatic N) is 1. The highest BCUT2D eigenvalue weighted by molar-refractivity contribution is 7.26. The number of nitrogens with one attached hydrogen (secondary N) is 1. The SMILES string of the molecule is CCCCCCCCCc1cn[nH]p1. The summed E-state index contributed by atoms with van der Waals surface area (Å²) in [5.74, 6) is 0. The lowest BCUT2D eigenvalue weighted by atomic mass is 10.1. The van der Waals surface area contributed by atoms with Gasteiger partial charge in [-0.25, -0.2) is 0 Å². The molecule has 1 aromatic heterocycles. The third-order valence-electron chi connectivity index (χ3n) is 2.50. The number of H-pyrrole nitrogens is 1. The van der Waals surface area contributed by atoms with Gasteiger partial charge in [-0.2, -0.15) is 5.10 Å². The van der Waals surface area contributed by atoms with Gasteiger partial charge in [0.1, 0.15) is 0 Å². The first-order chi connectivity index (χ1) is 6.93. The minimum Gasteiger partial charge on any atom is -0.260 e. The molecule has 3 heteroatoms. The van der Waals surface area contributed by atoms with Crippen molar-refractivity contribution in [3.05, 3.63) is 11.5 Å². The molecule has 1 rings (SSSR count). The smallest absolute Gasteiger partial charge is 0.0567 e. The number of unbranched alkanes of at least 4 members (excludes halogenated alkanes) is 6. The Balaban J connectivity index is 1.85. The predicted octanol–water partition coefficient (Wildman–Crippen LogP) is 4.28. The van der Waals surface area contributed by atoms with Crippen molar-refractivity contribution in [3.8, 4) is 0 Å². The monoisotopic (exact) mass is 212 g/mol. The number of aromatic nitrogens is 2. The van der Waals surface area contributed by atoms with Gasteiger partial charge in [0.05, 0.1) is 6.20 Å². The molecule has 1 heterocycles. The van der Waals surface area contributed by atoms with E-state index in [0.717, 1.165) is 0 Å². The van der Waals surface area contributed by atoms with Crippen LogP contribution in [0.25, 0.3) is 0 Å². The molecule has 0 bridgehead atoms. The Morgan fingerprint density at radius 2 is 1.86 bits per heavy atom. The molecule has 0 amide bonds. The van der Waals surface area contributed by atoms with Crippen molar-refractivity contribution in [2.45, 2.75) is 58.3 Å². The van der Waals surface area contributed by atoms with Crippen molar-refractivity contribution in [2.75, 3.05) is 0 Å². The van der Waals surface area contributed by atoms with Crippen LogP contribution in [0.4, 0.5) is 0 Å². The molecule has 0 aliphatic carbocycles. The number of hydrogen-bond acceptors (Lipinski definition) is 1. The molecule has 0 saturated carbocycles. The molecular weight excluding hydrogens is 191 g/mol. The second kappa shape index (κ2) is 7.99. The molecule has 1 aromatic rings. The standard InChI is InChI=1S/C11H21N2P/c1-2-3-4-5-6-7-8-9-11-10-12-13-14-11/h10H,2-9H2,1H3,(H,12,13). The van der Waals surface area contributed by atoms with E-state index in [1.807, 2.05) is 6.20 Å². The van der Waals surface area contributed by atoms with Gasteiger partial charge in [0.25, 0.3) is 0 Å². The van der Waals surface area contributed by atoms with Gasteiger partial charge in [-0.1, -0.05) is 45.4 Å². The van der Waals surface area contributed by atoms with Crippen LogP contribution >= 0.6 is 8.35 Å². The number of aryl methyl sites for hydroxylation is 1. The zero-order chi connectivity index (χ0) is 10.1. The van der Waals surface area contributed by atoms with Crippen LogP contribution < -0.4 is 0 Å². The van der Waals surface area contributed by atoms with Crippen molar-refractivity contribution in [3.63, 3.8) is 0 Å². The molecule has 0 fully saturated rings. The summed E-state index contributed by atoms with van der Waals surface area (Å²) in [5.41, 5.74) is 0. The molecule has 0 atom stereocenters. The highest BCUT2D eigenvalue weighted by Gasteiger charge is 1.95. The Labute approximate surface area is 88.7 Å². The summed E-state index contributed by atoms with van der Waals surface area (Å²) in [4.78, 5) is 2.95. The van der Waals surface area contributed by atoms with Crippen molar-refractivity contribution in [1.82, 2.24) is 9.96 Å². The lowest BCUT2D eigenvalue weighted by Crippen LogP contribution is -1.82. The van der Waals surface area contributed by atoms with Crippen molar-refractivity contribution in [1.29, 1.82) is 0 Å². The van der Waals surface area contributed by atoms with Crippen LogP contribution in [0.2, 0.25) is 0 Å². The predicted molar refractivity (Wildman–Crippen MR) is 62.8 cm³/mol. The molecule has 0 unspecified atom stereocenters. The zero-order valence-corrected chi connectivity index (χ0v) is 10.0. The maximum atomic E-state index is 3.98. The van der Waals surface area contributed by atoms with Crippen LogP contribution in [-0.4, -0.2) is 9.96 Å². The summed E-state index contributed by atoms with van der Waals surface area (Å²) >= 11 is 0. The van der Waals surface area contributed by atoms with Gasteiger partial charge in [0, 0.05) is 13.6 Å². The van der Waals surface area contributed by atoms with Crippen molar-refractivity contribution < 1.29 is 0 Å². The molecule has 14 heavy (non-hydrogen) atoms. The van der Waals surface area contributed by atoms with Crippen LogP contribution in [0.5, 0.6) is 0 Å². The van der Waals surface area contributed by atoms with E-state index in [1.165, 1.54) is 65.0 Å². The molecule has 0 aliphatic heterocycles. The maximum Gasteiger partial charge on any atom is 0.0567 e. The average molecular weight is 212 g/mol. The first-order valence-corrected chi connectivity index (χ1v) is 6.67. The number of hydrogen-bond donors (Lipinski definition) is 1. The van der Waals surface area contributed by atoms with E-state index < -0.39 is 0 Å². The van der Waals surface area contributed by atoms with Gasteiger partial charge in [-0.05, 0) is 12.8 Å². The van der Waals surface area contributed by atoms with E-state index >= 15 is 0 Å². The fraction of sp³-hybridized carbons (Fsp3) is 0.818. The van der Waals surface area contributed by atoms with E-state index in [-0.39, 0.29) is 0 Å². The lowest BCUT2D eigenvalue weighted by molar-refractivity contribution is 0.590. The lowest BCUT2D eigenvalue weighted by Gasteiger charge is -1.99. The van der Waals surface area contributed by atoms with Gasteiger partial charge in [-0.3, -0.25) is 4.86 Å². The van der Waals surface area contributed by atoms with E-state index in [4.69, 9.17) is 0 Å².